The van der Waals surface area contributed by atoms with Gasteiger partial charge in [0.05, 0.1) is 18.3 Å². The first-order valence-electron chi connectivity index (χ1n) is 16.4. The van der Waals surface area contributed by atoms with Crippen LogP contribution in [0, 0.1) is 11.8 Å². The molecule has 4 aromatic rings. The first kappa shape index (κ1) is 32.4. The molecule has 1 aromatic heterocycles. The number of nitrogens with one attached hydrogen (secondary N) is 1. The normalized spacial score (nSPS) is 18.5. The minimum atomic E-state index is 0.177. The molecule has 6 heteroatoms. The Hall–Kier alpha value is -2.96. The van der Waals surface area contributed by atoms with Crippen molar-refractivity contribution >= 4 is 11.6 Å². The van der Waals surface area contributed by atoms with E-state index in [1.807, 2.05) is 12.1 Å². The van der Waals surface area contributed by atoms with Gasteiger partial charge in [-0.3, -0.25) is 4.90 Å². The van der Waals surface area contributed by atoms with Crippen molar-refractivity contribution < 1.29 is 4.42 Å². The van der Waals surface area contributed by atoms with Crippen LogP contribution >= 0.6 is 11.6 Å². The quantitative estimate of drug-likeness (QED) is 0.154. The zero-order valence-electron chi connectivity index (χ0n) is 26.9. The van der Waals surface area contributed by atoms with Gasteiger partial charge in [-0.25, -0.2) is 4.98 Å². The lowest BCUT2D eigenvalue weighted by atomic mass is 9.73. The van der Waals surface area contributed by atoms with Crippen LogP contribution < -0.4 is 5.32 Å². The fourth-order valence-electron chi connectivity index (χ4n) is 7.21. The number of aromatic nitrogens is 1. The topological polar surface area (TPSA) is 44.5 Å². The lowest BCUT2D eigenvalue weighted by Crippen LogP contribution is -2.37. The van der Waals surface area contributed by atoms with Crippen LogP contribution in [-0.2, 0) is 19.5 Å². The van der Waals surface area contributed by atoms with E-state index in [0.29, 0.717) is 24.4 Å². The molecule has 0 spiro atoms. The van der Waals surface area contributed by atoms with Crippen molar-refractivity contribution in [1.29, 1.82) is 0 Å². The van der Waals surface area contributed by atoms with Crippen molar-refractivity contribution in [3.05, 3.63) is 124 Å². The maximum atomic E-state index is 6.78. The smallest absolute Gasteiger partial charge is 0.212 e. The molecule has 2 atom stereocenters. The highest BCUT2D eigenvalue weighted by Gasteiger charge is 2.38. The van der Waals surface area contributed by atoms with Gasteiger partial charge in [0.15, 0.2) is 0 Å². The average Bonchev–Trinajstić information content (AvgIpc) is 3.43. The Morgan fingerprint density at radius 1 is 0.773 bits per heavy atom. The highest BCUT2D eigenvalue weighted by atomic mass is 35.5. The minimum Gasteiger partial charge on any atom is -0.442 e. The van der Waals surface area contributed by atoms with Crippen molar-refractivity contribution in [1.82, 2.24) is 20.1 Å². The molecule has 0 radical (unpaired) electrons. The zero-order chi connectivity index (χ0) is 30.9. The summed E-state index contributed by atoms with van der Waals surface area (Å²) in [5, 5.41) is 4.42. The molecule has 3 aromatic carbocycles. The third kappa shape index (κ3) is 8.19. The summed E-state index contributed by atoms with van der Waals surface area (Å²) < 4.78 is 6.78. The second kappa shape index (κ2) is 15.9. The molecule has 44 heavy (non-hydrogen) atoms. The molecule has 1 N–H and O–H groups in total. The molecular weight excluding hydrogens is 564 g/mol. The van der Waals surface area contributed by atoms with Crippen LogP contribution in [-0.4, -0.2) is 42.0 Å². The van der Waals surface area contributed by atoms with E-state index in [0.717, 1.165) is 48.4 Å². The molecule has 234 valence electrons. The SMILES string of the molecule is CCN(CC)C(c1nc(Cc2ccccc2)c(CNCc2ccccc2)o1)C1CCC(C(c2ccc(Cl)cc2)N(C)C)CC1. The summed E-state index contributed by atoms with van der Waals surface area (Å²) >= 11 is 6.23. The Bertz CT molecular complexity index is 1390. The van der Waals surface area contributed by atoms with E-state index >= 15 is 0 Å². The van der Waals surface area contributed by atoms with Crippen LogP contribution in [0.25, 0.3) is 0 Å². The number of benzene rings is 3. The van der Waals surface area contributed by atoms with E-state index in [-0.39, 0.29) is 6.04 Å². The average molecular weight is 613 g/mol. The summed E-state index contributed by atoms with van der Waals surface area (Å²) in [6, 6.07) is 30.2. The van der Waals surface area contributed by atoms with Crippen LogP contribution in [0.2, 0.25) is 5.02 Å². The Balaban J connectivity index is 1.37. The van der Waals surface area contributed by atoms with Gasteiger partial charge in [0.1, 0.15) is 5.76 Å². The van der Waals surface area contributed by atoms with Gasteiger partial charge in [0.2, 0.25) is 5.89 Å². The second-order valence-electron chi connectivity index (χ2n) is 12.5. The number of nitrogens with zero attached hydrogens (tertiary/aromatic N) is 3. The monoisotopic (exact) mass is 612 g/mol. The van der Waals surface area contributed by atoms with Crippen LogP contribution in [0.1, 0.15) is 85.6 Å². The molecule has 1 saturated carbocycles. The molecule has 1 heterocycles. The number of rotatable bonds is 14. The molecule has 5 nitrogen and oxygen atoms in total. The van der Waals surface area contributed by atoms with Gasteiger partial charge < -0.3 is 14.6 Å². The molecule has 5 rings (SSSR count). The van der Waals surface area contributed by atoms with Gasteiger partial charge in [-0.15, -0.1) is 0 Å². The number of halogens is 1. The van der Waals surface area contributed by atoms with Crippen LogP contribution in [0.5, 0.6) is 0 Å². The first-order chi connectivity index (χ1) is 21.5. The van der Waals surface area contributed by atoms with Gasteiger partial charge in [0.25, 0.3) is 0 Å². The highest BCUT2D eigenvalue weighted by Crippen LogP contribution is 2.45. The Kier molecular flexibility index (Phi) is 11.7. The van der Waals surface area contributed by atoms with Crippen molar-refractivity contribution in [2.45, 2.75) is 71.1 Å². The van der Waals surface area contributed by atoms with Crippen molar-refractivity contribution in [2.75, 3.05) is 27.2 Å². The standard InChI is InChI=1S/C38H49ClN4O/c1-5-43(6-2)37(32-19-17-30(18-20-32)36(42(3)4)31-21-23-33(39)24-22-31)38-41-34(25-28-13-9-7-10-14-28)35(44-38)27-40-26-29-15-11-8-12-16-29/h7-16,21-24,30,32,36-37,40H,5-6,17-20,25-27H2,1-4H3. The molecular formula is C38H49ClN4O. The minimum absolute atomic E-state index is 0.177. The predicted octanol–water partition coefficient (Wildman–Crippen LogP) is 8.70. The maximum Gasteiger partial charge on any atom is 0.212 e. The fourth-order valence-corrected chi connectivity index (χ4v) is 7.34. The lowest BCUT2D eigenvalue weighted by Gasteiger charge is -2.41. The maximum absolute atomic E-state index is 6.78. The molecule has 1 aliphatic rings. The molecule has 0 amide bonds. The van der Waals surface area contributed by atoms with Crippen molar-refractivity contribution in [2.24, 2.45) is 11.8 Å². The van der Waals surface area contributed by atoms with Crippen LogP contribution in [0.3, 0.4) is 0 Å². The molecule has 1 fully saturated rings. The molecule has 0 bridgehead atoms. The van der Waals surface area contributed by atoms with E-state index in [2.05, 4.69) is 116 Å². The van der Waals surface area contributed by atoms with Crippen molar-refractivity contribution in [3.63, 3.8) is 0 Å². The highest BCUT2D eigenvalue weighted by molar-refractivity contribution is 6.30. The third-order valence-electron chi connectivity index (χ3n) is 9.40. The Morgan fingerprint density at radius 2 is 1.34 bits per heavy atom. The molecule has 0 saturated heterocycles. The summed E-state index contributed by atoms with van der Waals surface area (Å²) in [4.78, 5) is 10.2. The summed E-state index contributed by atoms with van der Waals surface area (Å²) in [5.74, 6) is 2.96. The summed E-state index contributed by atoms with van der Waals surface area (Å²) in [6.45, 7) is 7.94. The van der Waals surface area contributed by atoms with E-state index in [1.54, 1.807) is 0 Å². The van der Waals surface area contributed by atoms with Gasteiger partial charge in [0, 0.05) is 24.0 Å². The van der Waals surface area contributed by atoms with E-state index in [4.69, 9.17) is 21.0 Å². The molecule has 0 aliphatic heterocycles. The van der Waals surface area contributed by atoms with Gasteiger partial charge >= 0.3 is 0 Å². The molecule has 1 aliphatic carbocycles. The largest absolute Gasteiger partial charge is 0.442 e. The van der Waals surface area contributed by atoms with Crippen LogP contribution in [0.4, 0.5) is 0 Å². The lowest BCUT2D eigenvalue weighted by molar-refractivity contribution is 0.0728. The Morgan fingerprint density at radius 3 is 1.91 bits per heavy atom. The number of oxazole rings is 1. The van der Waals surface area contributed by atoms with Gasteiger partial charge in [-0.1, -0.05) is 98.2 Å². The van der Waals surface area contributed by atoms with E-state index < -0.39 is 0 Å². The zero-order valence-corrected chi connectivity index (χ0v) is 27.6. The number of hydrogen-bond acceptors (Lipinski definition) is 5. The van der Waals surface area contributed by atoms with Crippen LogP contribution in [0.15, 0.2) is 89.3 Å². The van der Waals surface area contributed by atoms with E-state index in [9.17, 15) is 0 Å². The summed E-state index contributed by atoms with van der Waals surface area (Å²) in [7, 11) is 4.41. The molecule has 2 unspecified atom stereocenters. The Labute approximate surface area is 269 Å². The third-order valence-corrected chi connectivity index (χ3v) is 9.65. The number of hydrogen-bond donors (Lipinski definition) is 1. The second-order valence-corrected chi connectivity index (χ2v) is 12.9. The van der Waals surface area contributed by atoms with E-state index in [1.165, 1.54) is 42.4 Å². The predicted molar refractivity (Wildman–Crippen MR) is 182 cm³/mol. The summed E-state index contributed by atoms with van der Waals surface area (Å²) in [5.41, 5.74) is 4.93. The summed E-state index contributed by atoms with van der Waals surface area (Å²) in [6.07, 6.45) is 5.49. The fraction of sp³-hybridized carbons (Fsp3) is 0.447. The van der Waals surface area contributed by atoms with Crippen molar-refractivity contribution in [3.8, 4) is 0 Å². The van der Waals surface area contributed by atoms with Gasteiger partial charge in [-0.05, 0) is 93.5 Å². The van der Waals surface area contributed by atoms with Gasteiger partial charge in [-0.2, -0.15) is 0 Å². The first-order valence-corrected chi connectivity index (χ1v) is 16.8.